The van der Waals surface area contributed by atoms with Crippen LogP contribution in [0.4, 0.5) is 0 Å². The molecule has 0 fully saturated rings. The van der Waals surface area contributed by atoms with Gasteiger partial charge < -0.3 is 0 Å². The molecule has 0 unspecified atom stereocenters. The molecule has 0 bridgehead atoms. The van der Waals surface area contributed by atoms with E-state index in [2.05, 4.69) is 158 Å². The molecule has 0 atom stereocenters. The van der Waals surface area contributed by atoms with E-state index in [1.165, 1.54) is 42.5 Å². The quantitative estimate of drug-likeness (QED) is 0.118. The van der Waals surface area contributed by atoms with Crippen LogP contribution in [-0.2, 0) is 22.2 Å². The molecule has 2 radical (unpaired) electrons. The van der Waals surface area contributed by atoms with E-state index in [4.69, 9.17) is 0 Å². The topological polar surface area (TPSA) is 0 Å². The fourth-order valence-electron chi connectivity index (χ4n) is 5.81. The molecule has 0 aliphatic rings. The minimum absolute atomic E-state index is 0. The monoisotopic (exact) mass is 617 g/mol. The van der Waals surface area contributed by atoms with Gasteiger partial charge in [0.25, 0.3) is 0 Å². The Balaban J connectivity index is 0.00000294. The Kier molecular flexibility index (Phi) is 8.32. The fraction of sp³-hybridized carbons (Fsp3) is 0.0286. The van der Waals surface area contributed by atoms with Gasteiger partial charge in [-0.3, -0.25) is 0 Å². The van der Waals surface area contributed by atoms with Crippen molar-refractivity contribution in [3.63, 3.8) is 0 Å². The third-order valence-electron chi connectivity index (χ3n) is 7.30. The number of hydrogen-bond acceptors (Lipinski definition) is 0. The van der Waals surface area contributed by atoms with Crippen molar-refractivity contribution in [2.45, 2.75) is 5.16 Å². The minimum atomic E-state index is -1.45. The Labute approximate surface area is 245 Å². The summed E-state index contributed by atoms with van der Waals surface area (Å²) in [5.74, 6) is 0. The molecule has 6 aromatic rings. The normalized spacial score (nSPS) is 11.3. The standard InChI is InChI=1S/C35H28GeP.Cu/c36-33-26-25-27-15-13-14-24-32(27)34(33)35(28-16-5-1-6-17-28,29-18-7-2-8-19-29)37(30-20-9-3-10-21-30)31-22-11-4-12-23-31;/h1-26H,36H2;/p+1. The third kappa shape index (κ3) is 4.70. The van der Waals surface area contributed by atoms with Crippen molar-refractivity contribution >= 4 is 50.2 Å². The van der Waals surface area contributed by atoms with E-state index in [9.17, 15) is 0 Å². The van der Waals surface area contributed by atoms with Gasteiger partial charge in [0.2, 0.25) is 0 Å². The van der Waals surface area contributed by atoms with Gasteiger partial charge in [-0.15, -0.1) is 0 Å². The van der Waals surface area contributed by atoms with Crippen molar-refractivity contribution in [1.82, 2.24) is 0 Å². The van der Waals surface area contributed by atoms with E-state index in [1.807, 2.05) is 0 Å². The molecule has 0 aromatic heterocycles. The Morgan fingerprint density at radius 2 is 0.868 bits per heavy atom. The van der Waals surface area contributed by atoms with E-state index >= 15 is 0 Å². The zero-order chi connectivity index (χ0) is 25.1. The van der Waals surface area contributed by atoms with Crippen LogP contribution in [0.3, 0.4) is 0 Å². The molecule has 0 saturated heterocycles. The van der Waals surface area contributed by atoms with Crippen molar-refractivity contribution in [2.75, 3.05) is 0 Å². The summed E-state index contributed by atoms with van der Waals surface area (Å²) in [5, 5.41) is 5.14. The second kappa shape index (κ2) is 11.9. The van der Waals surface area contributed by atoms with Crippen molar-refractivity contribution in [2.24, 2.45) is 0 Å². The summed E-state index contributed by atoms with van der Waals surface area (Å²) < 4.78 is 1.45. The van der Waals surface area contributed by atoms with Crippen LogP contribution in [0.5, 0.6) is 0 Å². The predicted octanol–water partition coefficient (Wildman–Crippen LogP) is 6.25. The molecule has 6 rings (SSSR count). The van der Waals surface area contributed by atoms with Gasteiger partial charge in [-0.05, 0) is 0 Å². The van der Waals surface area contributed by atoms with E-state index < -0.39 is 7.92 Å². The number of fused-ring (bicyclic) bond motifs is 1. The van der Waals surface area contributed by atoms with Gasteiger partial charge in [-0.1, -0.05) is 0 Å². The second-order valence-electron chi connectivity index (χ2n) is 9.41. The van der Waals surface area contributed by atoms with Crippen LogP contribution >= 0.6 is 7.92 Å². The van der Waals surface area contributed by atoms with Gasteiger partial charge in [-0.2, -0.15) is 0 Å². The molecule has 0 aliphatic heterocycles. The first-order chi connectivity index (χ1) is 18.3. The van der Waals surface area contributed by atoms with Gasteiger partial charge in [0.15, 0.2) is 0 Å². The molecule has 0 saturated carbocycles. The predicted molar refractivity (Wildman–Crippen MR) is 165 cm³/mol. The Hall–Kier alpha value is -2.93. The van der Waals surface area contributed by atoms with E-state index in [1.54, 1.807) is 0 Å². The van der Waals surface area contributed by atoms with Crippen molar-refractivity contribution in [3.05, 3.63) is 174 Å². The van der Waals surface area contributed by atoms with E-state index in [0.717, 1.165) is 16.5 Å². The van der Waals surface area contributed by atoms with Crippen LogP contribution in [0.15, 0.2) is 158 Å². The molecule has 6 aromatic carbocycles. The summed E-state index contributed by atoms with van der Waals surface area (Å²) in [6, 6.07) is 58.6. The number of hydrogen-bond donors (Lipinski definition) is 0. The summed E-state index contributed by atoms with van der Waals surface area (Å²) in [5.41, 5.74) is 4.17. The second-order valence-corrected chi connectivity index (χ2v) is 13.7. The number of benzene rings is 6. The molecule has 188 valence electrons. The average molecular weight is 617 g/mol. The van der Waals surface area contributed by atoms with E-state index in [-0.39, 0.29) is 22.2 Å². The van der Waals surface area contributed by atoms with Gasteiger partial charge in [0.05, 0.1) is 0 Å². The van der Waals surface area contributed by atoms with Crippen LogP contribution in [0.2, 0.25) is 0 Å². The van der Waals surface area contributed by atoms with Crippen LogP contribution < -0.4 is 15.0 Å². The Morgan fingerprint density at radius 1 is 0.447 bits per heavy atom. The molecule has 3 heteroatoms. The summed E-state index contributed by atoms with van der Waals surface area (Å²) in [6.07, 6.45) is 0. The Bertz CT molecular complexity index is 1540. The summed E-state index contributed by atoms with van der Waals surface area (Å²) in [4.78, 5) is 0. The number of rotatable bonds is 6. The molecule has 0 N–H and O–H groups in total. The molecular formula is C35H29CuGeP+. The molecule has 0 heterocycles. The van der Waals surface area contributed by atoms with Crippen LogP contribution in [0, 0.1) is 0 Å². The maximum atomic E-state index is 2.37. The van der Waals surface area contributed by atoms with Gasteiger partial charge in [0.1, 0.15) is 0 Å². The molecular weight excluding hydrogens is 588 g/mol. The third-order valence-corrected chi connectivity index (χ3v) is 11.9. The molecule has 38 heavy (non-hydrogen) atoms. The average Bonchev–Trinajstić information content (AvgIpc) is 2.98. The van der Waals surface area contributed by atoms with Gasteiger partial charge >= 0.3 is 230 Å². The van der Waals surface area contributed by atoms with Crippen molar-refractivity contribution < 1.29 is 17.1 Å². The zero-order valence-corrected chi connectivity index (χ0v) is 25.9. The summed E-state index contributed by atoms with van der Waals surface area (Å²) in [6.45, 7) is 0. The van der Waals surface area contributed by atoms with Crippen LogP contribution in [-0.4, -0.2) is 16.5 Å². The first-order valence-electron chi connectivity index (χ1n) is 12.7. The summed E-state index contributed by atoms with van der Waals surface area (Å²) in [7, 11) is -1.45. The zero-order valence-electron chi connectivity index (χ0n) is 21.0. The van der Waals surface area contributed by atoms with Crippen LogP contribution in [0.25, 0.3) is 10.8 Å². The molecule has 0 nitrogen and oxygen atoms in total. The van der Waals surface area contributed by atoms with Gasteiger partial charge in [-0.25, -0.2) is 0 Å². The van der Waals surface area contributed by atoms with Crippen molar-refractivity contribution in [1.29, 1.82) is 0 Å². The summed E-state index contributed by atoms with van der Waals surface area (Å²) >= 11 is 1.10. The van der Waals surface area contributed by atoms with E-state index in [0.29, 0.717) is 0 Å². The first kappa shape index (κ1) is 26.7. The van der Waals surface area contributed by atoms with Crippen molar-refractivity contribution in [3.8, 4) is 0 Å². The molecule has 0 aliphatic carbocycles. The van der Waals surface area contributed by atoms with Gasteiger partial charge in [0, 0.05) is 17.1 Å². The fourth-order valence-corrected chi connectivity index (χ4v) is 11.1. The first-order valence-corrected chi connectivity index (χ1v) is 15.7. The molecule has 0 amide bonds. The molecule has 0 spiro atoms. The maximum absolute atomic E-state index is 2.37. The SMILES string of the molecule is [Cu].[GeH2][c]1ccc2ccccc2c1C(c1ccccc1)(c1ccccc1)[PH+](c1ccccc1)c1ccccc1. The van der Waals surface area contributed by atoms with Crippen LogP contribution in [0.1, 0.15) is 16.7 Å². The Morgan fingerprint density at radius 3 is 1.37 bits per heavy atom.